The van der Waals surface area contributed by atoms with E-state index in [2.05, 4.69) is 34.7 Å². The number of halogens is 1. The summed E-state index contributed by atoms with van der Waals surface area (Å²) >= 11 is 3.57. The summed E-state index contributed by atoms with van der Waals surface area (Å²) in [5.74, 6) is 0. The van der Waals surface area contributed by atoms with Crippen LogP contribution in [0.1, 0.15) is 19.4 Å². The summed E-state index contributed by atoms with van der Waals surface area (Å²) in [6, 6.07) is 5.96. The van der Waals surface area contributed by atoms with Crippen LogP contribution in [-0.2, 0) is 11.3 Å². The van der Waals surface area contributed by atoms with Gasteiger partial charge in [-0.15, -0.1) is 0 Å². The van der Waals surface area contributed by atoms with E-state index in [1.807, 2.05) is 18.2 Å². The van der Waals surface area contributed by atoms with Crippen molar-refractivity contribution in [3.8, 4) is 0 Å². The molecular weight excluding hydrogens is 280 g/mol. The number of anilines is 1. The maximum atomic E-state index is 6.02. The van der Waals surface area contributed by atoms with E-state index in [1.165, 1.54) is 5.56 Å². The molecular formula is C13H19BrN2O. The molecule has 17 heavy (non-hydrogen) atoms. The summed E-state index contributed by atoms with van der Waals surface area (Å²) in [7, 11) is 0. The monoisotopic (exact) mass is 298 g/mol. The average molecular weight is 299 g/mol. The van der Waals surface area contributed by atoms with Crippen LogP contribution in [0.5, 0.6) is 0 Å². The van der Waals surface area contributed by atoms with Crippen molar-refractivity contribution in [1.29, 1.82) is 0 Å². The van der Waals surface area contributed by atoms with Gasteiger partial charge in [-0.2, -0.15) is 0 Å². The van der Waals surface area contributed by atoms with Crippen LogP contribution < -0.4 is 5.73 Å². The molecule has 0 amide bonds. The zero-order valence-corrected chi connectivity index (χ0v) is 11.9. The van der Waals surface area contributed by atoms with Crippen molar-refractivity contribution in [2.24, 2.45) is 0 Å². The third-order valence-corrected chi connectivity index (χ3v) is 3.77. The third kappa shape index (κ3) is 3.21. The van der Waals surface area contributed by atoms with E-state index in [9.17, 15) is 0 Å². The van der Waals surface area contributed by atoms with Crippen LogP contribution in [0.25, 0.3) is 0 Å². The van der Waals surface area contributed by atoms with Crippen molar-refractivity contribution in [2.75, 3.05) is 18.8 Å². The number of nitrogen functional groups attached to an aromatic ring is 1. The van der Waals surface area contributed by atoms with Crippen LogP contribution in [0.4, 0.5) is 5.69 Å². The first-order chi connectivity index (χ1) is 8.06. The van der Waals surface area contributed by atoms with Crippen LogP contribution in [0.2, 0.25) is 0 Å². The highest BCUT2D eigenvalue weighted by atomic mass is 79.9. The van der Waals surface area contributed by atoms with Gasteiger partial charge >= 0.3 is 0 Å². The van der Waals surface area contributed by atoms with Crippen molar-refractivity contribution in [2.45, 2.75) is 32.6 Å². The van der Waals surface area contributed by atoms with Crippen molar-refractivity contribution in [1.82, 2.24) is 4.90 Å². The smallest absolute Gasteiger partial charge is 0.0678 e. The molecule has 0 bridgehead atoms. The Balaban J connectivity index is 2.10. The standard InChI is InChI=1S/C13H19BrN2O/c1-9-6-16(7-10(2)17-9)8-11-12(14)4-3-5-13(11)15/h3-5,9-10H,6-8,15H2,1-2H3. The van der Waals surface area contributed by atoms with Gasteiger partial charge in [0.05, 0.1) is 12.2 Å². The average Bonchev–Trinajstić information content (AvgIpc) is 2.22. The molecule has 1 fully saturated rings. The Morgan fingerprint density at radius 1 is 1.35 bits per heavy atom. The molecule has 0 saturated carbocycles. The van der Waals surface area contributed by atoms with E-state index in [1.54, 1.807) is 0 Å². The molecule has 1 heterocycles. The van der Waals surface area contributed by atoms with Crippen LogP contribution >= 0.6 is 15.9 Å². The SMILES string of the molecule is CC1CN(Cc2c(N)cccc2Br)CC(C)O1. The number of ether oxygens (including phenoxy) is 1. The Kier molecular flexibility index (Phi) is 4.07. The van der Waals surface area contributed by atoms with Gasteiger partial charge in [-0.1, -0.05) is 22.0 Å². The van der Waals surface area contributed by atoms with Crippen LogP contribution in [0.15, 0.2) is 22.7 Å². The zero-order chi connectivity index (χ0) is 12.4. The number of nitrogens with zero attached hydrogens (tertiary/aromatic N) is 1. The molecule has 94 valence electrons. The Bertz CT molecular complexity index is 367. The Hall–Kier alpha value is -0.580. The number of hydrogen-bond acceptors (Lipinski definition) is 3. The second-order valence-electron chi connectivity index (χ2n) is 4.76. The van der Waals surface area contributed by atoms with E-state index in [0.29, 0.717) is 12.2 Å². The fourth-order valence-corrected chi connectivity index (χ4v) is 2.89. The normalized spacial score (nSPS) is 26.1. The van der Waals surface area contributed by atoms with Crippen LogP contribution in [-0.4, -0.2) is 30.2 Å². The van der Waals surface area contributed by atoms with Crippen molar-refractivity contribution >= 4 is 21.6 Å². The maximum Gasteiger partial charge on any atom is 0.0678 e. The fraction of sp³-hybridized carbons (Fsp3) is 0.538. The predicted molar refractivity (Wildman–Crippen MR) is 73.8 cm³/mol. The highest BCUT2D eigenvalue weighted by Crippen LogP contribution is 2.25. The number of benzene rings is 1. The summed E-state index contributed by atoms with van der Waals surface area (Å²) in [5, 5.41) is 0. The van der Waals surface area contributed by atoms with Gasteiger partial charge in [-0.25, -0.2) is 0 Å². The van der Waals surface area contributed by atoms with E-state index in [0.717, 1.165) is 29.8 Å². The third-order valence-electron chi connectivity index (χ3n) is 3.03. The molecule has 0 spiro atoms. The summed E-state index contributed by atoms with van der Waals surface area (Å²) in [4.78, 5) is 2.40. The summed E-state index contributed by atoms with van der Waals surface area (Å²) in [6.07, 6.45) is 0.588. The lowest BCUT2D eigenvalue weighted by Gasteiger charge is -2.35. The largest absolute Gasteiger partial charge is 0.398 e. The first-order valence-corrected chi connectivity index (χ1v) is 6.76. The molecule has 1 aliphatic heterocycles. The molecule has 1 aromatic rings. The summed E-state index contributed by atoms with van der Waals surface area (Å²) < 4.78 is 6.82. The Morgan fingerprint density at radius 3 is 2.59 bits per heavy atom. The first-order valence-electron chi connectivity index (χ1n) is 5.97. The van der Waals surface area contributed by atoms with Crippen LogP contribution in [0, 0.1) is 0 Å². The molecule has 2 rings (SSSR count). The van der Waals surface area contributed by atoms with Crippen molar-refractivity contribution in [3.05, 3.63) is 28.2 Å². The van der Waals surface area contributed by atoms with E-state index < -0.39 is 0 Å². The number of nitrogens with two attached hydrogens (primary N) is 1. The van der Waals surface area contributed by atoms with Gasteiger partial charge in [-0.05, 0) is 26.0 Å². The quantitative estimate of drug-likeness (QED) is 0.853. The minimum atomic E-state index is 0.294. The second-order valence-corrected chi connectivity index (χ2v) is 5.61. The maximum absolute atomic E-state index is 6.02. The molecule has 2 atom stereocenters. The van der Waals surface area contributed by atoms with Crippen molar-refractivity contribution < 1.29 is 4.74 Å². The second kappa shape index (κ2) is 5.38. The van der Waals surface area contributed by atoms with Gasteiger partial charge in [0.15, 0.2) is 0 Å². The molecule has 4 heteroatoms. The fourth-order valence-electron chi connectivity index (χ4n) is 2.38. The minimum Gasteiger partial charge on any atom is -0.398 e. The summed E-state index contributed by atoms with van der Waals surface area (Å²) in [5.41, 5.74) is 8.05. The highest BCUT2D eigenvalue weighted by Gasteiger charge is 2.23. The molecule has 1 saturated heterocycles. The van der Waals surface area contributed by atoms with Gasteiger partial charge in [0.25, 0.3) is 0 Å². The molecule has 0 aromatic heterocycles. The lowest BCUT2D eigenvalue weighted by atomic mass is 10.1. The lowest BCUT2D eigenvalue weighted by molar-refractivity contribution is -0.0704. The zero-order valence-electron chi connectivity index (χ0n) is 10.3. The first kappa shape index (κ1) is 12.9. The van der Waals surface area contributed by atoms with Gasteiger partial charge in [0.2, 0.25) is 0 Å². The lowest BCUT2D eigenvalue weighted by Crippen LogP contribution is -2.44. The molecule has 2 unspecified atom stereocenters. The molecule has 3 nitrogen and oxygen atoms in total. The van der Waals surface area contributed by atoms with Gasteiger partial charge < -0.3 is 10.5 Å². The molecule has 2 N–H and O–H groups in total. The number of hydrogen-bond donors (Lipinski definition) is 1. The Labute approximate surface area is 111 Å². The molecule has 1 aliphatic rings. The molecule has 0 aliphatic carbocycles. The van der Waals surface area contributed by atoms with Crippen molar-refractivity contribution in [3.63, 3.8) is 0 Å². The van der Waals surface area contributed by atoms with E-state index in [-0.39, 0.29) is 0 Å². The Morgan fingerprint density at radius 2 is 2.00 bits per heavy atom. The summed E-state index contributed by atoms with van der Waals surface area (Å²) in [6.45, 7) is 7.04. The number of morpholine rings is 1. The highest BCUT2D eigenvalue weighted by molar-refractivity contribution is 9.10. The van der Waals surface area contributed by atoms with E-state index in [4.69, 9.17) is 10.5 Å². The predicted octanol–water partition coefficient (Wildman–Crippen LogP) is 2.64. The number of rotatable bonds is 2. The molecule has 0 radical (unpaired) electrons. The van der Waals surface area contributed by atoms with E-state index >= 15 is 0 Å². The van der Waals surface area contributed by atoms with Crippen LogP contribution in [0.3, 0.4) is 0 Å². The van der Waals surface area contributed by atoms with Gasteiger partial charge in [-0.3, -0.25) is 4.90 Å². The minimum absolute atomic E-state index is 0.294. The van der Waals surface area contributed by atoms with Gasteiger partial charge in [0, 0.05) is 35.4 Å². The molecule has 1 aromatic carbocycles. The topological polar surface area (TPSA) is 38.5 Å². The van der Waals surface area contributed by atoms with Gasteiger partial charge in [0.1, 0.15) is 0 Å².